The Morgan fingerprint density at radius 1 is 1.25 bits per heavy atom. The van der Waals surface area contributed by atoms with Gasteiger partial charge in [0.25, 0.3) is 5.91 Å². The summed E-state index contributed by atoms with van der Waals surface area (Å²) in [5, 5.41) is 13.0. The first-order valence-corrected chi connectivity index (χ1v) is 9.30. The number of hydrazine groups is 1. The van der Waals surface area contributed by atoms with Gasteiger partial charge in [0.1, 0.15) is 11.8 Å². The highest BCUT2D eigenvalue weighted by Crippen LogP contribution is 2.20. The number of hydrogen-bond donors (Lipinski definition) is 3. The fraction of sp³-hybridized carbons (Fsp3) is 0.444. The molecule has 1 atom stereocenters. The normalized spacial score (nSPS) is 16.3. The molecule has 0 spiro atoms. The van der Waals surface area contributed by atoms with Gasteiger partial charge in [0.15, 0.2) is 5.11 Å². The molecule has 1 aliphatic heterocycles. The number of hydrogen-bond acceptors (Lipinski definition) is 6. The van der Waals surface area contributed by atoms with Gasteiger partial charge >= 0.3 is 0 Å². The number of amides is 3. The number of nitrogens with zero attached hydrogens (tertiary/aromatic N) is 2. The second-order valence-electron chi connectivity index (χ2n) is 6.09. The van der Waals surface area contributed by atoms with Crippen LogP contribution in [0.15, 0.2) is 24.3 Å². The van der Waals surface area contributed by atoms with Crippen LogP contribution in [0.2, 0.25) is 0 Å². The van der Waals surface area contributed by atoms with Crippen molar-refractivity contribution in [1.29, 1.82) is 0 Å². The maximum Gasteiger partial charge on any atom is 0.254 e. The smallest absolute Gasteiger partial charge is 0.254 e. The molecule has 152 valence electrons. The summed E-state index contributed by atoms with van der Waals surface area (Å²) in [5.41, 5.74) is 3.14. The third kappa shape index (κ3) is 5.17. The molecule has 1 aromatic rings. The van der Waals surface area contributed by atoms with E-state index in [9.17, 15) is 14.4 Å². The van der Waals surface area contributed by atoms with Crippen LogP contribution in [0.4, 0.5) is 5.69 Å². The van der Waals surface area contributed by atoms with E-state index in [0.29, 0.717) is 24.4 Å². The number of benzene rings is 1. The molecule has 3 amide bonds. The molecular weight excluding hydrogens is 384 g/mol. The molecule has 1 aromatic carbocycles. The summed E-state index contributed by atoms with van der Waals surface area (Å²) in [7, 11) is 1.55. The van der Waals surface area contributed by atoms with Crippen LogP contribution in [0.5, 0.6) is 5.75 Å². The molecule has 9 nitrogen and oxygen atoms in total. The van der Waals surface area contributed by atoms with Crippen molar-refractivity contribution in [2.45, 2.75) is 32.2 Å². The van der Waals surface area contributed by atoms with Gasteiger partial charge in [-0.1, -0.05) is 0 Å². The number of methoxy groups -OCH3 is 1. The van der Waals surface area contributed by atoms with Gasteiger partial charge in [-0.3, -0.25) is 24.7 Å². The van der Waals surface area contributed by atoms with Crippen molar-refractivity contribution in [2.75, 3.05) is 25.6 Å². The van der Waals surface area contributed by atoms with Crippen LogP contribution in [0, 0.1) is 0 Å². The number of thiocarbonyl (C=S) groups is 1. The number of rotatable bonds is 9. The lowest BCUT2D eigenvalue weighted by Gasteiger charge is -2.24. The third-order valence-corrected chi connectivity index (χ3v) is 4.59. The summed E-state index contributed by atoms with van der Waals surface area (Å²) in [6, 6.07) is 5.86. The van der Waals surface area contributed by atoms with E-state index in [4.69, 9.17) is 22.1 Å². The lowest BCUT2D eigenvalue weighted by Crippen LogP contribution is -2.49. The van der Waals surface area contributed by atoms with Crippen molar-refractivity contribution < 1.29 is 24.2 Å². The zero-order valence-electron chi connectivity index (χ0n) is 15.8. The second kappa shape index (κ2) is 10.00. The molecule has 0 aromatic heterocycles. The summed E-state index contributed by atoms with van der Waals surface area (Å²) in [5.74, 6) is -0.467. The lowest BCUT2D eigenvalue weighted by atomic mass is 10.2. The highest BCUT2D eigenvalue weighted by atomic mass is 32.1. The van der Waals surface area contributed by atoms with Gasteiger partial charge in [-0.05, 0) is 49.8 Å². The minimum Gasteiger partial charge on any atom is -0.497 e. The maximum absolute atomic E-state index is 12.6. The summed E-state index contributed by atoms with van der Waals surface area (Å²) in [6.45, 7) is 1.97. The van der Waals surface area contributed by atoms with E-state index >= 15 is 0 Å². The molecule has 1 heterocycles. The summed E-state index contributed by atoms with van der Waals surface area (Å²) < 4.78 is 5.07. The molecular formula is C18H24N4O5S. The van der Waals surface area contributed by atoms with Crippen LogP contribution >= 0.6 is 12.2 Å². The molecule has 3 N–H and O–H groups in total. The third-order valence-electron chi connectivity index (χ3n) is 4.18. The topological polar surface area (TPSA) is 111 Å². The van der Waals surface area contributed by atoms with Crippen LogP contribution in [-0.2, 0) is 14.4 Å². The van der Waals surface area contributed by atoms with Crippen LogP contribution in [0.25, 0.3) is 0 Å². The van der Waals surface area contributed by atoms with Gasteiger partial charge in [-0.15, -0.1) is 0 Å². The highest BCUT2D eigenvalue weighted by Gasteiger charge is 2.43. The Morgan fingerprint density at radius 2 is 1.93 bits per heavy atom. The monoisotopic (exact) mass is 408 g/mol. The Hall–Kier alpha value is -2.72. The van der Waals surface area contributed by atoms with Gasteiger partial charge < -0.3 is 15.2 Å². The van der Waals surface area contributed by atoms with Crippen molar-refractivity contribution in [1.82, 2.24) is 15.3 Å². The summed E-state index contributed by atoms with van der Waals surface area (Å²) in [6.07, 6.45) is 0.197. The summed E-state index contributed by atoms with van der Waals surface area (Å²) in [4.78, 5) is 38.4. The molecule has 2 rings (SSSR count). The zero-order chi connectivity index (χ0) is 20.7. The average molecular weight is 408 g/mol. The predicted molar refractivity (Wildman–Crippen MR) is 106 cm³/mol. The molecule has 1 unspecified atom stereocenters. The molecule has 10 heteroatoms. The number of aliphatic hydroxyl groups excluding tert-OH is 1. The van der Waals surface area contributed by atoms with E-state index in [-0.39, 0.29) is 42.3 Å². The van der Waals surface area contributed by atoms with Crippen molar-refractivity contribution in [3.8, 4) is 5.75 Å². The molecule has 1 saturated heterocycles. The Bertz CT molecular complexity index is 740. The number of nitrogens with one attached hydrogen (secondary N) is 2. The van der Waals surface area contributed by atoms with Crippen LogP contribution < -0.4 is 15.5 Å². The quantitative estimate of drug-likeness (QED) is 0.514. The lowest BCUT2D eigenvalue weighted by molar-refractivity contribution is -0.132. The van der Waals surface area contributed by atoms with Crippen molar-refractivity contribution >= 4 is 40.7 Å². The minimum atomic E-state index is -0.927. The van der Waals surface area contributed by atoms with Crippen molar-refractivity contribution in [2.24, 2.45) is 0 Å². The van der Waals surface area contributed by atoms with E-state index in [2.05, 4.69) is 10.7 Å². The van der Waals surface area contributed by atoms with E-state index in [1.54, 1.807) is 38.3 Å². The highest BCUT2D eigenvalue weighted by molar-refractivity contribution is 7.80. The van der Waals surface area contributed by atoms with E-state index < -0.39 is 6.04 Å². The fourth-order valence-corrected chi connectivity index (χ4v) is 3.13. The Kier molecular flexibility index (Phi) is 7.70. The van der Waals surface area contributed by atoms with Gasteiger partial charge in [-0.2, -0.15) is 0 Å². The predicted octanol–water partition coefficient (Wildman–Crippen LogP) is 0.645. The summed E-state index contributed by atoms with van der Waals surface area (Å²) >= 11 is 5.28. The first-order chi connectivity index (χ1) is 13.4. The molecule has 0 bridgehead atoms. The molecule has 0 aliphatic carbocycles. The van der Waals surface area contributed by atoms with Crippen LogP contribution in [-0.4, -0.2) is 64.2 Å². The largest absolute Gasteiger partial charge is 0.497 e. The molecule has 28 heavy (non-hydrogen) atoms. The SMILES string of the molecule is CCN1C(=O)C(CC(=O)Nc2ccc(OC)cc2)N(NC(=O)CCCO)C1=S. The van der Waals surface area contributed by atoms with E-state index in [0.717, 1.165) is 0 Å². The molecule has 1 fully saturated rings. The van der Waals surface area contributed by atoms with Crippen molar-refractivity contribution in [3.63, 3.8) is 0 Å². The Balaban J connectivity index is 2.07. The number of carbonyl (C=O) groups is 3. The number of aliphatic hydroxyl groups is 1. The number of carbonyl (C=O) groups excluding carboxylic acids is 3. The average Bonchev–Trinajstić information content (AvgIpc) is 2.90. The number of anilines is 1. The van der Waals surface area contributed by atoms with Gasteiger partial charge in [0.05, 0.1) is 13.5 Å². The Labute approximate surface area is 168 Å². The Morgan fingerprint density at radius 3 is 2.50 bits per heavy atom. The molecule has 0 radical (unpaired) electrons. The fourth-order valence-electron chi connectivity index (χ4n) is 2.74. The second-order valence-corrected chi connectivity index (χ2v) is 6.46. The number of ether oxygens (including phenoxy) is 1. The van der Waals surface area contributed by atoms with Gasteiger partial charge in [0.2, 0.25) is 11.8 Å². The standard InChI is InChI=1S/C18H24N4O5S/c1-3-21-17(26)14(22(18(21)28)20-15(24)5-4-10-23)11-16(25)19-12-6-8-13(27-2)9-7-12/h6-9,14,23H,3-5,10-11H2,1-2H3,(H,19,25)(H,20,24). The zero-order valence-corrected chi connectivity index (χ0v) is 16.6. The van der Waals surface area contributed by atoms with E-state index in [1.165, 1.54) is 9.91 Å². The maximum atomic E-state index is 12.6. The van der Waals surface area contributed by atoms with Crippen molar-refractivity contribution in [3.05, 3.63) is 24.3 Å². The number of likely N-dealkylation sites (N-methyl/N-ethyl adjacent to an activating group) is 1. The first kappa shape index (κ1) is 21.6. The van der Waals surface area contributed by atoms with Crippen LogP contribution in [0.3, 0.4) is 0 Å². The van der Waals surface area contributed by atoms with Gasteiger partial charge in [0, 0.05) is 25.3 Å². The van der Waals surface area contributed by atoms with Gasteiger partial charge in [-0.25, -0.2) is 5.01 Å². The molecule has 0 saturated carbocycles. The first-order valence-electron chi connectivity index (χ1n) is 8.90. The van der Waals surface area contributed by atoms with Crippen LogP contribution in [0.1, 0.15) is 26.2 Å². The van der Waals surface area contributed by atoms with E-state index in [1.807, 2.05) is 0 Å². The molecule has 1 aliphatic rings. The minimum absolute atomic E-state index is 0.0840.